The molecule has 3 heterocycles. The van der Waals surface area contributed by atoms with Crippen LogP contribution in [-0.2, 0) is 22.6 Å². The lowest BCUT2D eigenvalue weighted by molar-refractivity contribution is -0.128. The van der Waals surface area contributed by atoms with Gasteiger partial charge in [-0.25, -0.2) is 9.67 Å². The number of carbonyl (C=O) groups is 2. The van der Waals surface area contributed by atoms with Crippen molar-refractivity contribution < 1.29 is 9.59 Å². The molecule has 23 heavy (non-hydrogen) atoms. The van der Waals surface area contributed by atoms with Crippen molar-refractivity contribution >= 4 is 11.8 Å². The molecule has 1 saturated heterocycles. The number of aromatic nitrogens is 3. The quantitative estimate of drug-likeness (QED) is 0.679. The summed E-state index contributed by atoms with van der Waals surface area (Å²) in [6.45, 7) is 3.54. The highest BCUT2D eigenvalue weighted by Crippen LogP contribution is 2.12. The van der Waals surface area contributed by atoms with Crippen LogP contribution in [0.4, 0.5) is 0 Å². The molecule has 126 valence electrons. The Morgan fingerprint density at radius 2 is 2.26 bits per heavy atom. The largest absolute Gasteiger partial charge is 0.354 e. The third-order valence-electron chi connectivity index (χ3n) is 4.39. The zero-order valence-electron chi connectivity index (χ0n) is 13.5. The molecule has 0 spiro atoms. The van der Waals surface area contributed by atoms with Crippen LogP contribution in [0.3, 0.4) is 0 Å². The first kappa shape index (κ1) is 15.9. The van der Waals surface area contributed by atoms with E-state index in [9.17, 15) is 9.59 Å². The summed E-state index contributed by atoms with van der Waals surface area (Å²) in [6.07, 6.45) is 4.44. The molecule has 0 aromatic carbocycles. The Morgan fingerprint density at radius 1 is 1.39 bits per heavy atom. The summed E-state index contributed by atoms with van der Waals surface area (Å²) in [5.41, 5.74) is 0. The smallest absolute Gasteiger partial charge is 0.242 e. The monoisotopic (exact) mass is 320 g/mol. The van der Waals surface area contributed by atoms with E-state index in [4.69, 9.17) is 0 Å². The maximum Gasteiger partial charge on any atom is 0.242 e. The molecule has 2 atom stereocenters. The van der Waals surface area contributed by atoms with Crippen LogP contribution in [-0.4, -0.2) is 51.8 Å². The fraction of sp³-hybridized carbons (Fsp3) is 0.733. The molecule has 0 aliphatic carbocycles. The number of aryl methyl sites for hydroxylation is 2. The molecule has 0 saturated carbocycles. The number of nitrogens with zero attached hydrogens (tertiary/aromatic N) is 3. The molecule has 8 nitrogen and oxygen atoms in total. The normalized spacial score (nSPS) is 24.5. The van der Waals surface area contributed by atoms with E-state index in [0.717, 1.165) is 43.9 Å². The van der Waals surface area contributed by atoms with E-state index < -0.39 is 6.04 Å². The summed E-state index contributed by atoms with van der Waals surface area (Å²) in [5, 5.41) is 13.3. The lowest BCUT2D eigenvalue weighted by Gasteiger charge is -2.24. The van der Waals surface area contributed by atoms with Gasteiger partial charge in [0.1, 0.15) is 17.7 Å². The molecule has 0 radical (unpaired) electrons. The molecule has 2 aliphatic heterocycles. The van der Waals surface area contributed by atoms with Gasteiger partial charge in [0, 0.05) is 19.0 Å². The molecule has 1 aromatic heterocycles. The molecule has 0 bridgehead atoms. The van der Waals surface area contributed by atoms with Gasteiger partial charge in [-0.3, -0.25) is 9.59 Å². The number of rotatable bonds is 4. The summed E-state index contributed by atoms with van der Waals surface area (Å²) in [7, 11) is 0. The fourth-order valence-corrected chi connectivity index (χ4v) is 3.16. The van der Waals surface area contributed by atoms with Crippen LogP contribution in [0.2, 0.25) is 0 Å². The number of hydrogen-bond acceptors (Lipinski definition) is 5. The van der Waals surface area contributed by atoms with E-state index in [1.54, 1.807) is 0 Å². The van der Waals surface area contributed by atoms with Crippen LogP contribution in [0, 0.1) is 6.92 Å². The average Bonchev–Trinajstić information content (AvgIpc) is 2.78. The lowest BCUT2D eigenvalue weighted by atomic mass is 10.1. The van der Waals surface area contributed by atoms with Crippen molar-refractivity contribution in [3.63, 3.8) is 0 Å². The molecule has 1 aromatic rings. The molecule has 0 unspecified atom stereocenters. The average molecular weight is 320 g/mol. The van der Waals surface area contributed by atoms with Crippen LogP contribution < -0.4 is 16.0 Å². The van der Waals surface area contributed by atoms with Crippen molar-refractivity contribution in [1.82, 2.24) is 30.7 Å². The minimum atomic E-state index is -0.400. The lowest BCUT2D eigenvalue weighted by Crippen LogP contribution is -2.49. The maximum absolute atomic E-state index is 12.1. The van der Waals surface area contributed by atoms with E-state index >= 15 is 0 Å². The van der Waals surface area contributed by atoms with Gasteiger partial charge in [0.15, 0.2) is 0 Å². The summed E-state index contributed by atoms with van der Waals surface area (Å²) in [5.74, 6) is 1.60. The number of hydrogen-bond donors (Lipinski definition) is 3. The highest BCUT2D eigenvalue weighted by Gasteiger charge is 2.24. The number of amides is 2. The summed E-state index contributed by atoms with van der Waals surface area (Å²) in [6, 6.07) is -0.194. The van der Waals surface area contributed by atoms with E-state index in [1.165, 1.54) is 0 Å². The first-order valence-electron chi connectivity index (χ1n) is 8.32. The predicted octanol–water partition coefficient (Wildman–Crippen LogP) is -0.724. The van der Waals surface area contributed by atoms with Crippen LogP contribution in [0.5, 0.6) is 0 Å². The minimum Gasteiger partial charge on any atom is -0.354 e. The topological polar surface area (TPSA) is 101 Å². The van der Waals surface area contributed by atoms with Crippen LogP contribution in [0.1, 0.15) is 37.3 Å². The molecule has 3 N–H and O–H groups in total. The van der Waals surface area contributed by atoms with Crippen molar-refractivity contribution in [2.45, 2.75) is 57.7 Å². The van der Waals surface area contributed by atoms with Crippen molar-refractivity contribution in [1.29, 1.82) is 0 Å². The maximum atomic E-state index is 12.1. The Kier molecular flexibility index (Phi) is 4.90. The second-order valence-corrected chi connectivity index (χ2v) is 6.28. The fourth-order valence-electron chi connectivity index (χ4n) is 3.16. The summed E-state index contributed by atoms with van der Waals surface area (Å²) < 4.78 is 1.91. The van der Waals surface area contributed by atoms with Crippen molar-refractivity contribution in [3.8, 4) is 0 Å². The first-order chi connectivity index (χ1) is 11.1. The minimum absolute atomic E-state index is 0.0729. The third-order valence-corrected chi connectivity index (χ3v) is 4.39. The van der Waals surface area contributed by atoms with Gasteiger partial charge in [-0.2, -0.15) is 5.10 Å². The van der Waals surface area contributed by atoms with Gasteiger partial charge in [-0.1, -0.05) is 0 Å². The summed E-state index contributed by atoms with van der Waals surface area (Å²) >= 11 is 0. The van der Waals surface area contributed by atoms with Crippen molar-refractivity contribution in [3.05, 3.63) is 11.6 Å². The highest BCUT2D eigenvalue weighted by molar-refractivity contribution is 5.88. The molecule has 2 aliphatic rings. The van der Waals surface area contributed by atoms with Gasteiger partial charge in [0.05, 0.1) is 13.1 Å². The molecule has 2 amide bonds. The molecular weight excluding hydrogens is 296 g/mol. The van der Waals surface area contributed by atoms with Gasteiger partial charge < -0.3 is 16.0 Å². The number of fused-ring (bicyclic) bond motifs is 1. The highest BCUT2D eigenvalue weighted by atomic mass is 16.2. The number of carbonyl (C=O) groups excluding carboxylic acids is 2. The van der Waals surface area contributed by atoms with E-state index in [-0.39, 0.29) is 24.4 Å². The second kappa shape index (κ2) is 7.08. The Morgan fingerprint density at radius 3 is 3.13 bits per heavy atom. The molecule has 1 fully saturated rings. The van der Waals surface area contributed by atoms with E-state index in [1.807, 2.05) is 11.6 Å². The zero-order chi connectivity index (χ0) is 16.2. The van der Waals surface area contributed by atoms with Gasteiger partial charge in [0.2, 0.25) is 11.8 Å². The third kappa shape index (κ3) is 4.07. The Balaban J connectivity index is 1.45. The predicted molar refractivity (Wildman–Crippen MR) is 83.7 cm³/mol. The first-order valence-corrected chi connectivity index (χ1v) is 8.32. The second-order valence-electron chi connectivity index (χ2n) is 6.28. The van der Waals surface area contributed by atoms with Crippen LogP contribution in [0.15, 0.2) is 0 Å². The zero-order valence-corrected chi connectivity index (χ0v) is 13.5. The van der Waals surface area contributed by atoms with E-state index in [0.29, 0.717) is 13.0 Å². The molecular formula is C15H24N6O2. The van der Waals surface area contributed by atoms with Crippen LogP contribution in [0.25, 0.3) is 0 Å². The van der Waals surface area contributed by atoms with E-state index in [2.05, 4.69) is 26.0 Å². The number of nitrogens with one attached hydrogen (secondary N) is 3. The Labute approximate surface area is 135 Å². The standard InChI is InChI=1S/C15H24N6O2/c1-10-18-13-6-5-11(9-21(13)20-10)17-8-14(22)19-12-4-2-3-7-16-15(12)23/h11-12,17H,2-9H2,1H3,(H,16,23)(H,19,22)/t11-,12+/m0/s1. The Bertz CT molecular complexity index is 585. The van der Waals surface area contributed by atoms with Crippen LogP contribution >= 0.6 is 0 Å². The Hall–Kier alpha value is -1.96. The van der Waals surface area contributed by atoms with Gasteiger partial charge >= 0.3 is 0 Å². The SMILES string of the molecule is Cc1nc2n(n1)C[C@@H](NCC(=O)N[C@@H]1CCCCNC1=O)CC2. The van der Waals surface area contributed by atoms with Gasteiger partial charge in [-0.15, -0.1) is 0 Å². The van der Waals surface area contributed by atoms with Gasteiger partial charge in [0.25, 0.3) is 0 Å². The molecule has 8 heteroatoms. The van der Waals surface area contributed by atoms with Crippen molar-refractivity contribution in [2.75, 3.05) is 13.1 Å². The summed E-state index contributed by atoms with van der Waals surface area (Å²) in [4.78, 5) is 28.3. The van der Waals surface area contributed by atoms with Crippen molar-refractivity contribution in [2.24, 2.45) is 0 Å². The van der Waals surface area contributed by atoms with Gasteiger partial charge in [-0.05, 0) is 32.6 Å². The molecule has 3 rings (SSSR count).